The molecule has 0 amide bonds. The molecule has 1 aromatic carbocycles. The van der Waals surface area contributed by atoms with Gasteiger partial charge in [-0.2, -0.15) is 0 Å². The quantitative estimate of drug-likeness (QED) is 0.760. The molecule has 2 aliphatic rings. The highest BCUT2D eigenvalue weighted by Gasteiger charge is 2.73. The number of aliphatic hydroxyl groups is 1. The number of ketones is 1. The van der Waals surface area contributed by atoms with Gasteiger partial charge in [-0.05, 0) is 24.3 Å². The number of hydrogen-bond donors (Lipinski definition) is 2. The van der Waals surface area contributed by atoms with Crippen LogP contribution in [0.2, 0.25) is 0 Å². The van der Waals surface area contributed by atoms with E-state index in [-0.39, 0.29) is 29.4 Å². The van der Waals surface area contributed by atoms with Crippen molar-refractivity contribution in [1.29, 1.82) is 0 Å². The highest BCUT2D eigenvalue weighted by molar-refractivity contribution is 6.11. The summed E-state index contributed by atoms with van der Waals surface area (Å²) in [5.41, 5.74) is -4.01. The molecule has 3 rings (SSSR count). The summed E-state index contributed by atoms with van der Waals surface area (Å²) in [5.74, 6) is -1.67. The second-order valence-electron chi connectivity index (χ2n) is 5.89. The Balaban J connectivity index is 2.08. The van der Waals surface area contributed by atoms with Crippen LogP contribution in [0.25, 0.3) is 5.76 Å². The van der Waals surface area contributed by atoms with E-state index in [0.29, 0.717) is 5.56 Å². The fraction of sp³-hybridized carbons (Fsp3) is 0.333. The second-order valence-corrected chi connectivity index (χ2v) is 5.89. The monoisotopic (exact) mass is 362 g/mol. The average Bonchev–Trinajstić information content (AvgIpc) is 3.11. The molecule has 0 saturated carbocycles. The first-order valence-corrected chi connectivity index (χ1v) is 7.71. The molecule has 1 aromatic rings. The largest absolute Gasteiger partial charge is 0.508 e. The van der Waals surface area contributed by atoms with Gasteiger partial charge < -0.3 is 29.2 Å². The molecule has 2 N–H and O–H groups in total. The third-order valence-electron chi connectivity index (χ3n) is 4.60. The highest BCUT2D eigenvalue weighted by Crippen LogP contribution is 2.52. The van der Waals surface area contributed by atoms with Crippen molar-refractivity contribution in [2.75, 3.05) is 21.3 Å². The molecule has 8 heteroatoms. The van der Waals surface area contributed by atoms with Crippen LogP contribution in [0.1, 0.15) is 12.0 Å². The maximum atomic E-state index is 12.9. The zero-order chi connectivity index (χ0) is 19.1. The van der Waals surface area contributed by atoms with Crippen molar-refractivity contribution in [3.8, 4) is 5.75 Å². The Morgan fingerprint density at radius 1 is 1.15 bits per heavy atom. The van der Waals surface area contributed by atoms with Crippen LogP contribution in [0.3, 0.4) is 0 Å². The lowest BCUT2D eigenvalue weighted by atomic mass is 9.81. The van der Waals surface area contributed by atoms with Crippen LogP contribution in [0.4, 0.5) is 0 Å². The summed E-state index contributed by atoms with van der Waals surface area (Å²) in [5, 5.41) is 20.6. The molecule has 0 bridgehead atoms. The molecular formula is C18H18O8. The molecule has 0 fully saturated rings. The number of methoxy groups -OCH3 is 3. The van der Waals surface area contributed by atoms with E-state index in [1.54, 1.807) is 12.1 Å². The van der Waals surface area contributed by atoms with Crippen molar-refractivity contribution >= 4 is 17.5 Å². The number of hydrogen-bond acceptors (Lipinski definition) is 8. The molecule has 0 saturated heterocycles. The smallest absolute Gasteiger partial charge is 0.350 e. The number of ether oxygens (including phenoxy) is 4. The summed E-state index contributed by atoms with van der Waals surface area (Å²) >= 11 is 0. The van der Waals surface area contributed by atoms with Crippen LogP contribution in [0.5, 0.6) is 5.75 Å². The fourth-order valence-electron chi connectivity index (χ4n) is 3.30. The Morgan fingerprint density at radius 2 is 1.81 bits per heavy atom. The predicted molar refractivity (Wildman–Crippen MR) is 87.5 cm³/mol. The topological polar surface area (TPSA) is 112 Å². The van der Waals surface area contributed by atoms with Crippen molar-refractivity contribution in [3.05, 3.63) is 47.4 Å². The first-order valence-electron chi connectivity index (χ1n) is 7.71. The summed E-state index contributed by atoms with van der Waals surface area (Å²) in [4.78, 5) is 25.3. The van der Waals surface area contributed by atoms with Crippen molar-refractivity contribution in [2.24, 2.45) is 0 Å². The number of aromatic hydroxyl groups is 1. The second kappa shape index (κ2) is 6.06. The Hall–Kier alpha value is -3.00. The van der Waals surface area contributed by atoms with Crippen molar-refractivity contribution < 1.29 is 38.7 Å². The summed E-state index contributed by atoms with van der Waals surface area (Å²) in [6, 6.07) is 5.94. The van der Waals surface area contributed by atoms with Crippen LogP contribution in [0, 0.1) is 0 Å². The van der Waals surface area contributed by atoms with E-state index in [0.717, 1.165) is 7.11 Å². The number of carbonyl (C=O) groups excluding carboxylic acids is 2. The van der Waals surface area contributed by atoms with Crippen LogP contribution in [-0.2, 0) is 28.5 Å². The van der Waals surface area contributed by atoms with Gasteiger partial charge in [0, 0.05) is 11.6 Å². The van der Waals surface area contributed by atoms with Gasteiger partial charge in [-0.25, -0.2) is 4.79 Å². The van der Waals surface area contributed by atoms with E-state index >= 15 is 0 Å². The van der Waals surface area contributed by atoms with E-state index < -0.39 is 23.0 Å². The van der Waals surface area contributed by atoms with Gasteiger partial charge in [-0.15, -0.1) is 0 Å². The van der Waals surface area contributed by atoms with Crippen LogP contribution >= 0.6 is 0 Å². The first kappa shape index (κ1) is 17.8. The lowest BCUT2D eigenvalue weighted by Gasteiger charge is -2.35. The Kier molecular flexibility index (Phi) is 4.15. The minimum Gasteiger partial charge on any atom is -0.508 e. The van der Waals surface area contributed by atoms with Crippen molar-refractivity contribution in [1.82, 2.24) is 0 Å². The van der Waals surface area contributed by atoms with E-state index in [2.05, 4.69) is 0 Å². The summed E-state index contributed by atoms with van der Waals surface area (Å²) < 4.78 is 20.9. The molecular weight excluding hydrogens is 344 g/mol. The molecule has 1 aliphatic heterocycles. The highest BCUT2D eigenvalue weighted by atomic mass is 16.6. The van der Waals surface area contributed by atoms with E-state index in [9.17, 15) is 19.8 Å². The number of rotatable bonds is 4. The predicted octanol–water partition coefficient (Wildman–Crippen LogP) is 0.883. The zero-order valence-electron chi connectivity index (χ0n) is 14.4. The number of phenols is 1. The Labute approximate surface area is 149 Å². The summed E-state index contributed by atoms with van der Waals surface area (Å²) in [7, 11) is 3.66. The lowest BCUT2D eigenvalue weighted by molar-refractivity contribution is -0.187. The van der Waals surface area contributed by atoms with Crippen LogP contribution in [-0.4, -0.2) is 54.5 Å². The third kappa shape index (κ3) is 2.19. The van der Waals surface area contributed by atoms with Crippen LogP contribution < -0.4 is 0 Å². The lowest BCUT2D eigenvalue weighted by Crippen LogP contribution is -2.61. The maximum Gasteiger partial charge on any atom is 0.350 e. The SMILES string of the molecule is COC(=O)[C@@]1(O)C(OC)=C(OC)C[C@]12OC(c1ccc(O)cc1)=CC2=O. The van der Waals surface area contributed by atoms with E-state index in [4.69, 9.17) is 18.9 Å². The molecule has 1 aliphatic carbocycles. The molecule has 1 spiro atoms. The molecule has 0 unspecified atom stereocenters. The van der Waals surface area contributed by atoms with Gasteiger partial charge in [-0.3, -0.25) is 4.79 Å². The van der Waals surface area contributed by atoms with Gasteiger partial charge in [0.1, 0.15) is 17.3 Å². The molecule has 2 atom stereocenters. The number of carbonyl (C=O) groups is 2. The van der Waals surface area contributed by atoms with Gasteiger partial charge in [0.2, 0.25) is 11.4 Å². The third-order valence-corrected chi connectivity index (χ3v) is 4.60. The van der Waals surface area contributed by atoms with Crippen LogP contribution in [0.15, 0.2) is 41.9 Å². The minimum atomic E-state index is -2.51. The first-order chi connectivity index (χ1) is 12.3. The van der Waals surface area contributed by atoms with Crippen molar-refractivity contribution in [3.63, 3.8) is 0 Å². The van der Waals surface area contributed by atoms with Gasteiger partial charge in [-0.1, -0.05) is 0 Å². The molecule has 0 aromatic heterocycles. The normalized spacial score (nSPS) is 27.4. The van der Waals surface area contributed by atoms with Gasteiger partial charge in [0.15, 0.2) is 5.76 Å². The zero-order valence-corrected chi connectivity index (χ0v) is 14.4. The number of phenolic OH excluding ortho intramolecular Hbond substituents is 1. The fourth-order valence-corrected chi connectivity index (χ4v) is 3.30. The summed E-state index contributed by atoms with van der Waals surface area (Å²) in [6.45, 7) is 0. The molecule has 1 heterocycles. The van der Waals surface area contributed by atoms with E-state index in [1.165, 1.54) is 32.4 Å². The van der Waals surface area contributed by atoms with Gasteiger partial charge >= 0.3 is 5.97 Å². The minimum absolute atomic E-state index is 0.0466. The standard InChI is InChI=1S/C18H18O8/c1-23-13-9-17(18(22,15(13)24-2)16(21)25-3)14(20)8-12(26-17)10-4-6-11(19)7-5-10/h4-8,19,22H,9H2,1-3H3/t17-,18+/m1/s1. The molecule has 138 valence electrons. The van der Waals surface area contributed by atoms with Gasteiger partial charge in [0.25, 0.3) is 5.60 Å². The van der Waals surface area contributed by atoms with Gasteiger partial charge in [0.05, 0.1) is 27.8 Å². The Morgan fingerprint density at radius 3 is 2.35 bits per heavy atom. The molecule has 8 nitrogen and oxygen atoms in total. The van der Waals surface area contributed by atoms with Crippen molar-refractivity contribution in [2.45, 2.75) is 17.6 Å². The van der Waals surface area contributed by atoms with E-state index in [1.807, 2.05) is 0 Å². The molecule has 26 heavy (non-hydrogen) atoms. The summed E-state index contributed by atoms with van der Waals surface area (Å²) in [6.07, 6.45) is 0.974. The molecule has 0 radical (unpaired) electrons. The average molecular weight is 362 g/mol. The number of esters is 1. The maximum absolute atomic E-state index is 12.9. The number of benzene rings is 1. The Bertz CT molecular complexity index is 822.